The Bertz CT molecular complexity index is 1450. The first kappa shape index (κ1) is 25.1. The Kier molecular flexibility index (Phi) is 6.90. The molecule has 3 heterocycles. The van der Waals surface area contributed by atoms with Crippen molar-refractivity contribution in [1.82, 2.24) is 34.1 Å². The molecule has 0 spiro atoms. The summed E-state index contributed by atoms with van der Waals surface area (Å²) in [5.74, 6) is -0.102. The molecule has 2 N–H and O–H groups in total. The third-order valence-corrected chi connectivity index (χ3v) is 5.17. The summed E-state index contributed by atoms with van der Waals surface area (Å²) in [4.78, 5) is 32.7. The largest absolute Gasteiger partial charge is 0.416 e. The molecule has 36 heavy (non-hydrogen) atoms. The third kappa shape index (κ3) is 5.44. The van der Waals surface area contributed by atoms with Gasteiger partial charge in [-0.05, 0) is 36.4 Å². The Labute approximate surface area is 205 Å². The maximum Gasteiger partial charge on any atom is 0.416 e. The fourth-order valence-electron chi connectivity index (χ4n) is 3.26. The van der Waals surface area contributed by atoms with E-state index < -0.39 is 24.5 Å². The normalized spacial score (nSPS) is 12.5. The van der Waals surface area contributed by atoms with Gasteiger partial charge in [0.2, 0.25) is 5.91 Å². The van der Waals surface area contributed by atoms with Gasteiger partial charge in [0.25, 0.3) is 0 Å². The van der Waals surface area contributed by atoms with E-state index in [1.54, 1.807) is 12.1 Å². The van der Waals surface area contributed by atoms with E-state index in [9.17, 15) is 27.9 Å². The van der Waals surface area contributed by atoms with Crippen LogP contribution in [0.15, 0.2) is 53.7 Å². The number of rotatable bonds is 7. The van der Waals surface area contributed by atoms with Gasteiger partial charge < -0.3 is 10.4 Å². The van der Waals surface area contributed by atoms with E-state index in [0.717, 1.165) is 9.25 Å². The molecule has 4 aromatic rings. The number of amides is 1. The second-order valence-electron chi connectivity index (χ2n) is 7.60. The zero-order valence-electron chi connectivity index (χ0n) is 18.5. The summed E-state index contributed by atoms with van der Waals surface area (Å²) in [5.41, 5.74) is -0.183. The number of aliphatic hydroxyl groups excluding tert-OH is 1. The van der Waals surface area contributed by atoms with E-state index in [2.05, 4.69) is 25.5 Å². The maximum absolute atomic E-state index is 13.0. The highest BCUT2D eigenvalue weighted by molar-refractivity contribution is 6.30. The minimum absolute atomic E-state index is 0.0976. The van der Waals surface area contributed by atoms with Crippen molar-refractivity contribution in [2.75, 3.05) is 5.32 Å². The first-order valence-electron chi connectivity index (χ1n) is 10.3. The summed E-state index contributed by atoms with van der Waals surface area (Å²) in [6.07, 6.45) is -4.91. The fraction of sp³-hybridized carbons (Fsp3) is 0.238. The number of benzene rings is 1. The molecule has 0 radical (unpaired) electrons. The van der Waals surface area contributed by atoms with Gasteiger partial charge in [-0.15, -0.1) is 10.2 Å². The van der Waals surface area contributed by atoms with Gasteiger partial charge in [-0.2, -0.15) is 13.2 Å². The average molecular weight is 523 g/mol. The topological polar surface area (TPSA) is 133 Å². The summed E-state index contributed by atoms with van der Waals surface area (Å²) in [6, 6.07) is 9.23. The van der Waals surface area contributed by atoms with E-state index in [0.29, 0.717) is 16.3 Å². The van der Waals surface area contributed by atoms with Gasteiger partial charge in [-0.1, -0.05) is 11.6 Å². The van der Waals surface area contributed by atoms with Crippen LogP contribution in [0.25, 0.3) is 17.1 Å². The van der Waals surface area contributed by atoms with Crippen LogP contribution in [0, 0.1) is 0 Å². The minimum Gasteiger partial charge on any atom is -0.382 e. The molecule has 1 amide bonds. The van der Waals surface area contributed by atoms with Crippen LogP contribution in [0.5, 0.6) is 0 Å². The molecule has 0 aliphatic carbocycles. The summed E-state index contributed by atoms with van der Waals surface area (Å²) >= 11 is 5.89. The Morgan fingerprint density at radius 1 is 1.17 bits per heavy atom. The lowest BCUT2D eigenvalue weighted by Crippen LogP contribution is -2.37. The standard InChI is InChI=1S/C21H18ClF3N8O3/c1-12(34)28-18-15(3-2-8-26-18)33-11-27-17(29-33)10-32-20(36)31(9-16(35)21(23,24)25)19(30-32)13-4-6-14(22)7-5-13/h2-8,11,16,35H,9-10H2,1H3,(H,26,28,34)/t16-/m0/s1. The van der Waals surface area contributed by atoms with E-state index >= 15 is 0 Å². The quantitative estimate of drug-likeness (QED) is 0.380. The van der Waals surface area contributed by atoms with Crippen molar-refractivity contribution in [3.63, 3.8) is 0 Å². The predicted octanol–water partition coefficient (Wildman–Crippen LogP) is 2.27. The van der Waals surface area contributed by atoms with Crippen LogP contribution in [0.1, 0.15) is 12.7 Å². The SMILES string of the molecule is CC(=O)Nc1ncccc1-n1cnc(Cn2nc(-c3ccc(Cl)cc3)n(C[C@H](O)C(F)(F)F)c2=O)n1. The van der Waals surface area contributed by atoms with Crippen molar-refractivity contribution in [1.29, 1.82) is 0 Å². The van der Waals surface area contributed by atoms with Gasteiger partial charge >= 0.3 is 11.9 Å². The number of aromatic nitrogens is 7. The lowest BCUT2D eigenvalue weighted by Gasteiger charge is -2.15. The van der Waals surface area contributed by atoms with Crippen LogP contribution < -0.4 is 11.0 Å². The molecule has 0 unspecified atom stereocenters. The fourth-order valence-corrected chi connectivity index (χ4v) is 3.39. The highest BCUT2D eigenvalue weighted by Gasteiger charge is 2.39. The van der Waals surface area contributed by atoms with Crippen LogP contribution >= 0.6 is 11.6 Å². The summed E-state index contributed by atoms with van der Waals surface area (Å²) in [6.45, 7) is -0.0167. The van der Waals surface area contributed by atoms with Crippen molar-refractivity contribution in [2.24, 2.45) is 0 Å². The van der Waals surface area contributed by atoms with Gasteiger partial charge in [0, 0.05) is 23.7 Å². The number of alkyl halides is 3. The first-order chi connectivity index (χ1) is 17.0. The number of anilines is 1. The summed E-state index contributed by atoms with van der Waals surface area (Å²) in [5, 5.41) is 21.0. The highest BCUT2D eigenvalue weighted by Crippen LogP contribution is 2.24. The predicted molar refractivity (Wildman–Crippen MR) is 122 cm³/mol. The molecular weight excluding hydrogens is 505 g/mol. The van der Waals surface area contributed by atoms with Crippen LogP contribution in [0.2, 0.25) is 5.02 Å². The van der Waals surface area contributed by atoms with Gasteiger partial charge in [0.05, 0.1) is 6.54 Å². The Morgan fingerprint density at radius 2 is 1.89 bits per heavy atom. The van der Waals surface area contributed by atoms with Crippen molar-refractivity contribution < 1.29 is 23.1 Å². The molecular formula is C21H18ClF3N8O3. The third-order valence-electron chi connectivity index (χ3n) is 4.92. The number of hydrogen-bond donors (Lipinski definition) is 2. The molecule has 0 aliphatic heterocycles. The number of aliphatic hydroxyl groups is 1. The molecule has 0 bridgehead atoms. The van der Waals surface area contributed by atoms with Crippen molar-refractivity contribution >= 4 is 23.3 Å². The molecule has 11 nitrogen and oxygen atoms in total. The Hall–Kier alpha value is -4.04. The van der Waals surface area contributed by atoms with Gasteiger partial charge in [0.1, 0.15) is 18.6 Å². The number of carbonyl (C=O) groups excluding carboxylic acids is 1. The molecule has 0 fully saturated rings. The molecule has 0 saturated carbocycles. The number of pyridine rings is 1. The average Bonchev–Trinajstić information content (AvgIpc) is 3.39. The number of nitrogens with one attached hydrogen (secondary N) is 1. The van der Waals surface area contributed by atoms with Crippen molar-refractivity contribution in [3.05, 3.63) is 70.3 Å². The van der Waals surface area contributed by atoms with Crippen LogP contribution in [0.4, 0.5) is 19.0 Å². The minimum atomic E-state index is -4.94. The number of halogens is 4. The lowest BCUT2D eigenvalue weighted by molar-refractivity contribution is -0.207. The summed E-state index contributed by atoms with van der Waals surface area (Å²) in [7, 11) is 0. The van der Waals surface area contributed by atoms with Gasteiger partial charge in [-0.25, -0.2) is 24.1 Å². The van der Waals surface area contributed by atoms with E-state index in [4.69, 9.17) is 11.6 Å². The number of carbonyl (C=O) groups is 1. The molecule has 0 saturated heterocycles. The van der Waals surface area contributed by atoms with E-state index in [1.807, 2.05) is 0 Å². The molecule has 3 aromatic heterocycles. The second kappa shape index (κ2) is 9.91. The van der Waals surface area contributed by atoms with Crippen molar-refractivity contribution in [3.8, 4) is 17.1 Å². The maximum atomic E-state index is 13.0. The molecule has 0 aliphatic rings. The smallest absolute Gasteiger partial charge is 0.382 e. The van der Waals surface area contributed by atoms with Crippen LogP contribution in [0.3, 0.4) is 0 Å². The monoisotopic (exact) mass is 522 g/mol. The zero-order chi connectivity index (χ0) is 26.0. The Balaban J connectivity index is 1.69. The molecule has 1 atom stereocenters. The van der Waals surface area contributed by atoms with Crippen LogP contribution in [-0.4, -0.2) is 57.4 Å². The van der Waals surface area contributed by atoms with Gasteiger partial charge in [-0.3, -0.25) is 9.36 Å². The van der Waals surface area contributed by atoms with Gasteiger partial charge in [0.15, 0.2) is 23.6 Å². The highest BCUT2D eigenvalue weighted by atomic mass is 35.5. The summed E-state index contributed by atoms with van der Waals surface area (Å²) < 4.78 is 42.0. The molecule has 1 aromatic carbocycles. The molecule has 188 valence electrons. The number of nitrogens with zero attached hydrogens (tertiary/aromatic N) is 7. The van der Waals surface area contributed by atoms with E-state index in [1.165, 1.54) is 48.4 Å². The van der Waals surface area contributed by atoms with Crippen LogP contribution in [-0.2, 0) is 17.9 Å². The van der Waals surface area contributed by atoms with E-state index in [-0.39, 0.29) is 29.9 Å². The molecule has 4 rings (SSSR count). The first-order valence-corrected chi connectivity index (χ1v) is 10.7. The number of hydrogen-bond acceptors (Lipinski definition) is 7. The van der Waals surface area contributed by atoms with Crippen molar-refractivity contribution in [2.45, 2.75) is 32.3 Å². The Morgan fingerprint density at radius 3 is 2.56 bits per heavy atom. The lowest BCUT2D eigenvalue weighted by atomic mass is 10.2. The zero-order valence-corrected chi connectivity index (χ0v) is 19.3. The molecule has 15 heteroatoms. The second-order valence-corrected chi connectivity index (χ2v) is 8.03.